The van der Waals surface area contributed by atoms with Crippen molar-refractivity contribution in [1.82, 2.24) is 0 Å². The van der Waals surface area contributed by atoms with Gasteiger partial charge < -0.3 is 0 Å². The zero-order chi connectivity index (χ0) is 8.66. The summed E-state index contributed by atoms with van der Waals surface area (Å²) in [5.74, 6) is 0. The van der Waals surface area contributed by atoms with Gasteiger partial charge in [0.25, 0.3) is 0 Å². The van der Waals surface area contributed by atoms with Gasteiger partial charge in [0.1, 0.15) is 0 Å². The zero-order valence-electron chi connectivity index (χ0n) is 8.66. The Morgan fingerprint density at radius 2 is 1.83 bits per heavy atom. The van der Waals surface area contributed by atoms with Crippen LogP contribution < -0.4 is 0 Å². The zero-order valence-corrected chi connectivity index (χ0v) is 8.66. The lowest BCUT2D eigenvalue weighted by Gasteiger charge is -2.38. The third kappa shape index (κ3) is 1.53. The van der Waals surface area contributed by atoms with Crippen LogP contribution in [0.2, 0.25) is 0 Å². The van der Waals surface area contributed by atoms with Crippen LogP contribution >= 0.6 is 0 Å². The third-order valence-electron chi connectivity index (χ3n) is 4.10. The van der Waals surface area contributed by atoms with Gasteiger partial charge in [0.15, 0.2) is 0 Å². The molecule has 1 spiro atoms. The molecular formula is C12H22. The molecule has 0 bridgehead atoms. The van der Waals surface area contributed by atoms with Crippen LogP contribution in [0.5, 0.6) is 0 Å². The normalized spacial score (nSPS) is 38.5. The maximum absolute atomic E-state index is 2.52. The van der Waals surface area contributed by atoms with Crippen molar-refractivity contribution in [3.8, 4) is 0 Å². The second-order valence-electron chi connectivity index (χ2n) is 5.59. The minimum absolute atomic E-state index is 0.726. The van der Waals surface area contributed by atoms with Gasteiger partial charge in [-0.05, 0) is 49.4 Å². The third-order valence-corrected chi connectivity index (χ3v) is 4.10. The highest BCUT2D eigenvalue weighted by Crippen LogP contribution is 2.61. The second kappa shape index (κ2) is 2.75. The van der Waals surface area contributed by atoms with Crippen LogP contribution in [0.25, 0.3) is 0 Å². The molecule has 0 amide bonds. The minimum Gasteiger partial charge on any atom is -0.0654 e. The summed E-state index contributed by atoms with van der Waals surface area (Å²) in [6, 6.07) is 0. The predicted octanol–water partition coefficient (Wildman–Crippen LogP) is 4.15. The van der Waals surface area contributed by atoms with Gasteiger partial charge >= 0.3 is 0 Å². The molecule has 2 aliphatic carbocycles. The molecule has 1 unspecified atom stereocenters. The van der Waals surface area contributed by atoms with E-state index >= 15 is 0 Å². The van der Waals surface area contributed by atoms with E-state index in [4.69, 9.17) is 0 Å². The molecule has 0 nitrogen and oxygen atoms in total. The molecule has 2 aliphatic rings. The first-order valence-electron chi connectivity index (χ1n) is 5.68. The lowest BCUT2D eigenvalue weighted by atomic mass is 9.67. The van der Waals surface area contributed by atoms with Crippen molar-refractivity contribution in [2.24, 2.45) is 10.8 Å². The van der Waals surface area contributed by atoms with Gasteiger partial charge in [-0.1, -0.05) is 26.7 Å². The first-order valence-corrected chi connectivity index (χ1v) is 5.68. The van der Waals surface area contributed by atoms with E-state index in [0.29, 0.717) is 0 Å². The number of rotatable bonds is 2. The Kier molecular flexibility index (Phi) is 1.97. The quantitative estimate of drug-likeness (QED) is 0.578. The van der Waals surface area contributed by atoms with Gasteiger partial charge in [-0.2, -0.15) is 0 Å². The summed E-state index contributed by atoms with van der Waals surface area (Å²) in [6.45, 7) is 4.86. The predicted molar refractivity (Wildman–Crippen MR) is 53.2 cm³/mol. The Labute approximate surface area is 76.7 Å². The van der Waals surface area contributed by atoms with E-state index in [1.807, 2.05) is 0 Å². The van der Waals surface area contributed by atoms with Crippen LogP contribution in [0.3, 0.4) is 0 Å². The van der Waals surface area contributed by atoms with Crippen molar-refractivity contribution < 1.29 is 0 Å². The van der Waals surface area contributed by atoms with E-state index in [-0.39, 0.29) is 0 Å². The van der Waals surface area contributed by atoms with Gasteiger partial charge in [-0.3, -0.25) is 0 Å². The van der Waals surface area contributed by atoms with Crippen molar-refractivity contribution in [3.63, 3.8) is 0 Å². The van der Waals surface area contributed by atoms with Gasteiger partial charge in [0.2, 0.25) is 0 Å². The molecule has 2 saturated carbocycles. The van der Waals surface area contributed by atoms with Crippen LogP contribution in [0.15, 0.2) is 0 Å². The van der Waals surface area contributed by atoms with E-state index in [0.717, 1.165) is 10.8 Å². The van der Waals surface area contributed by atoms with Gasteiger partial charge in [0.05, 0.1) is 0 Å². The largest absolute Gasteiger partial charge is 0.0654 e. The van der Waals surface area contributed by atoms with Gasteiger partial charge in [-0.25, -0.2) is 0 Å². The van der Waals surface area contributed by atoms with E-state index in [1.165, 1.54) is 25.7 Å². The highest BCUT2D eigenvalue weighted by atomic mass is 14.5. The van der Waals surface area contributed by atoms with E-state index < -0.39 is 0 Å². The minimum atomic E-state index is 0.726. The monoisotopic (exact) mass is 166 g/mol. The first-order chi connectivity index (χ1) is 5.68. The smallest absolute Gasteiger partial charge is 0.0292 e. The summed E-state index contributed by atoms with van der Waals surface area (Å²) in [4.78, 5) is 0. The molecule has 12 heavy (non-hydrogen) atoms. The van der Waals surface area contributed by atoms with Crippen molar-refractivity contribution in [2.75, 3.05) is 0 Å². The first kappa shape index (κ1) is 8.59. The topological polar surface area (TPSA) is 0 Å². The summed E-state index contributed by atoms with van der Waals surface area (Å²) in [6.07, 6.45) is 12.1. The summed E-state index contributed by atoms with van der Waals surface area (Å²) < 4.78 is 0. The molecule has 2 rings (SSSR count). The number of hydrogen-bond acceptors (Lipinski definition) is 0. The molecule has 0 saturated heterocycles. The Hall–Kier alpha value is 0. The average molecular weight is 166 g/mol. The molecule has 70 valence electrons. The molecule has 0 aliphatic heterocycles. The van der Waals surface area contributed by atoms with Crippen molar-refractivity contribution >= 4 is 0 Å². The van der Waals surface area contributed by atoms with Crippen LogP contribution in [0.4, 0.5) is 0 Å². The molecule has 2 fully saturated rings. The highest BCUT2D eigenvalue weighted by Gasteiger charge is 2.49. The maximum atomic E-state index is 2.52. The molecule has 0 heteroatoms. The van der Waals surface area contributed by atoms with Crippen LogP contribution in [-0.4, -0.2) is 0 Å². The summed E-state index contributed by atoms with van der Waals surface area (Å²) >= 11 is 0. The van der Waals surface area contributed by atoms with Gasteiger partial charge in [0, 0.05) is 0 Å². The van der Waals surface area contributed by atoms with E-state index in [2.05, 4.69) is 13.8 Å². The highest BCUT2D eigenvalue weighted by molar-refractivity contribution is 5.00. The Bertz CT molecular complexity index is 163. The molecule has 0 aromatic rings. The van der Waals surface area contributed by atoms with Crippen molar-refractivity contribution in [1.29, 1.82) is 0 Å². The SMILES string of the molecule is CCCC1(C)CCCC2(CC2)C1. The summed E-state index contributed by atoms with van der Waals surface area (Å²) in [5.41, 5.74) is 1.59. The van der Waals surface area contributed by atoms with E-state index in [9.17, 15) is 0 Å². The lowest BCUT2D eigenvalue weighted by Crippen LogP contribution is -2.26. The Balaban J connectivity index is 1.97. The maximum Gasteiger partial charge on any atom is -0.0292 e. The van der Waals surface area contributed by atoms with Crippen LogP contribution in [-0.2, 0) is 0 Å². The lowest BCUT2D eigenvalue weighted by molar-refractivity contribution is 0.132. The fourth-order valence-corrected chi connectivity index (χ4v) is 3.39. The Morgan fingerprint density at radius 1 is 1.08 bits per heavy atom. The second-order valence-corrected chi connectivity index (χ2v) is 5.59. The summed E-state index contributed by atoms with van der Waals surface area (Å²) in [5, 5.41) is 0. The molecule has 1 atom stereocenters. The molecule has 0 aromatic carbocycles. The fraction of sp³-hybridized carbons (Fsp3) is 1.00. The van der Waals surface area contributed by atoms with Crippen molar-refractivity contribution in [3.05, 3.63) is 0 Å². The molecule has 0 N–H and O–H groups in total. The number of hydrogen-bond donors (Lipinski definition) is 0. The molecule has 0 heterocycles. The fourth-order valence-electron chi connectivity index (χ4n) is 3.39. The van der Waals surface area contributed by atoms with Gasteiger partial charge in [-0.15, -0.1) is 0 Å². The Morgan fingerprint density at radius 3 is 2.42 bits per heavy atom. The average Bonchev–Trinajstić information content (AvgIpc) is 2.68. The van der Waals surface area contributed by atoms with Crippen LogP contribution in [0.1, 0.15) is 65.2 Å². The molecule has 0 aromatic heterocycles. The van der Waals surface area contributed by atoms with Crippen LogP contribution in [0, 0.1) is 10.8 Å². The van der Waals surface area contributed by atoms with E-state index in [1.54, 1.807) is 25.7 Å². The summed E-state index contributed by atoms with van der Waals surface area (Å²) in [7, 11) is 0. The van der Waals surface area contributed by atoms with Crippen molar-refractivity contribution in [2.45, 2.75) is 65.2 Å². The standard InChI is InChI=1S/C12H22/c1-3-5-11(2)6-4-7-12(10-11)8-9-12/h3-10H2,1-2H3. The molecular weight excluding hydrogens is 144 g/mol. The molecule has 0 radical (unpaired) electrons.